The highest BCUT2D eigenvalue weighted by Crippen LogP contribution is 2.30. The zero-order valence-corrected chi connectivity index (χ0v) is 13.4. The van der Waals surface area contributed by atoms with Crippen LogP contribution < -0.4 is 10.1 Å². The molecule has 2 rings (SSSR count). The molecule has 0 aromatic carbocycles. The van der Waals surface area contributed by atoms with Crippen LogP contribution in [-0.2, 0) is 6.18 Å². The van der Waals surface area contributed by atoms with E-state index in [1.165, 1.54) is 0 Å². The highest BCUT2D eigenvalue weighted by molar-refractivity contribution is 6.33. The second kappa shape index (κ2) is 7.77. The molecule has 2 aromatic heterocycles. The Morgan fingerprint density at radius 1 is 1.20 bits per heavy atom. The maximum absolute atomic E-state index is 12.7. The third-order valence-corrected chi connectivity index (χ3v) is 3.34. The topological polar surface area (TPSA) is 59.9 Å². The van der Waals surface area contributed by atoms with Crippen molar-refractivity contribution in [3.8, 4) is 5.88 Å². The Kier molecular flexibility index (Phi) is 5.93. The Labute approximate surface area is 144 Å². The monoisotopic (exact) mass is 382 g/mol. The van der Waals surface area contributed by atoms with Gasteiger partial charge in [0.2, 0.25) is 5.88 Å². The molecular formula is C14H12ClF5N4O. The van der Waals surface area contributed by atoms with Crippen molar-refractivity contribution in [1.82, 2.24) is 15.0 Å². The Morgan fingerprint density at radius 3 is 2.48 bits per heavy atom. The van der Waals surface area contributed by atoms with Crippen LogP contribution in [0.4, 0.5) is 27.8 Å². The summed E-state index contributed by atoms with van der Waals surface area (Å²) in [4.78, 5) is 10.7. The lowest BCUT2D eigenvalue weighted by Crippen LogP contribution is -2.24. The van der Waals surface area contributed by atoms with Gasteiger partial charge in [-0.25, -0.2) is 23.7 Å². The summed E-state index contributed by atoms with van der Waals surface area (Å²) >= 11 is 5.78. The molecule has 0 saturated heterocycles. The number of hydrogen-bond donors (Lipinski definition) is 1. The zero-order chi connectivity index (χ0) is 18.6. The molecule has 0 amide bonds. The molecule has 136 valence electrons. The van der Waals surface area contributed by atoms with Gasteiger partial charge in [-0.2, -0.15) is 13.2 Å². The van der Waals surface area contributed by atoms with Crippen LogP contribution in [0, 0.1) is 0 Å². The van der Waals surface area contributed by atoms with Crippen LogP contribution in [0.3, 0.4) is 0 Å². The Hall–Kier alpha value is -2.23. The van der Waals surface area contributed by atoms with E-state index in [1.807, 2.05) is 0 Å². The first-order chi connectivity index (χ1) is 11.7. The van der Waals surface area contributed by atoms with Gasteiger partial charge in [-0.1, -0.05) is 11.6 Å². The van der Waals surface area contributed by atoms with Gasteiger partial charge in [0.1, 0.15) is 29.0 Å². The maximum Gasteiger partial charge on any atom is 0.417 e. The van der Waals surface area contributed by atoms with Crippen molar-refractivity contribution in [2.24, 2.45) is 0 Å². The molecule has 5 nitrogen and oxygen atoms in total. The van der Waals surface area contributed by atoms with Crippen molar-refractivity contribution in [3.05, 3.63) is 40.9 Å². The van der Waals surface area contributed by atoms with Crippen molar-refractivity contribution in [2.45, 2.75) is 25.6 Å². The van der Waals surface area contributed by atoms with Crippen LogP contribution >= 0.6 is 11.6 Å². The molecule has 2 heterocycles. The quantitative estimate of drug-likeness (QED) is 0.752. The number of aromatic nitrogens is 3. The number of rotatable bonds is 6. The van der Waals surface area contributed by atoms with Gasteiger partial charge in [0.05, 0.1) is 12.1 Å². The van der Waals surface area contributed by atoms with E-state index in [2.05, 4.69) is 20.3 Å². The standard InChI is InChI=1S/C14H12ClF5N4O/c1-7(25-9-3-2-8(5-21-9)14(18,19)20)4-22-13-10(15)11(12(16)17)23-6-24-13/h2-3,5-7,12H,4H2,1H3,(H,22,23,24)/t7-/m0/s1. The molecule has 0 aliphatic rings. The summed E-state index contributed by atoms with van der Waals surface area (Å²) in [6, 6.07) is 1.94. The first-order valence-corrected chi connectivity index (χ1v) is 7.28. The molecule has 0 bridgehead atoms. The molecule has 1 atom stereocenters. The van der Waals surface area contributed by atoms with Crippen molar-refractivity contribution in [1.29, 1.82) is 0 Å². The molecule has 11 heteroatoms. The predicted octanol–water partition coefficient (Wildman–Crippen LogP) is 4.36. The van der Waals surface area contributed by atoms with E-state index in [0.717, 1.165) is 18.5 Å². The van der Waals surface area contributed by atoms with Crippen LogP contribution in [0.5, 0.6) is 5.88 Å². The summed E-state index contributed by atoms with van der Waals surface area (Å²) in [5, 5.41) is 2.41. The van der Waals surface area contributed by atoms with Gasteiger partial charge < -0.3 is 10.1 Å². The average Bonchev–Trinajstić information content (AvgIpc) is 2.53. The lowest BCUT2D eigenvalue weighted by Gasteiger charge is -2.16. The largest absolute Gasteiger partial charge is 0.473 e. The second-order valence-corrected chi connectivity index (χ2v) is 5.29. The van der Waals surface area contributed by atoms with Crippen LogP contribution in [-0.4, -0.2) is 27.6 Å². The predicted molar refractivity (Wildman–Crippen MR) is 79.8 cm³/mol. The number of nitrogens with zero attached hydrogens (tertiary/aromatic N) is 3. The molecule has 0 unspecified atom stereocenters. The average molecular weight is 383 g/mol. The summed E-state index contributed by atoms with van der Waals surface area (Å²) < 4.78 is 68.1. The third-order valence-electron chi connectivity index (χ3n) is 2.97. The van der Waals surface area contributed by atoms with Gasteiger partial charge in [-0.05, 0) is 13.0 Å². The minimum Gasteiger partial charge on any atom is -0.473 e. The number of hydrogen-bond acceptors (Lipinski definition) is 5. The van der Waals surface area contributed by atoms with Crippen molar-refractivity contribution in [3.63, 3.8) is 0 Å². The molecule has 0 radical (unpaired) electrons. The Morgan fingerprint density at radius 2 is 1.92 bits per heavy atom. The summed E-state index contributed by atoms with van der Waals surface area (Å²) in [5.41, 5.74) is -1.49. The minimum absolute atomic E-state index is 0.00259. The number of alkyl halides is 5. The normalized spacial score (nSPS) is 13.0. The van der Waals surface area contributed by atoms with Crippen LogP contribution in [0.15, 0.2) is 24.7 Å². The third kappa shape index (κ3) is 5.12. The van der Waals surface area contributed by atoms with E-state index in [4.69, 9.17) is 16.3 Å². The highest BCUT2D eigenvalue weighted by Gasteiger charge is 2.30. The van der Waals surface area contributed by atoms with Crippen molar-refractivity contribution < 1.29 is 26.7 Å². The van der Waals surface area contributed by atoms with Gasteiger partial charge in [0, 0.05) is 12.3 Å². The number of anilines is 1. The first kappa shape index (κ1) is 19.1. The summed E-state index contributed by atoms with van der Waals surface area (Å²) in [5.74, 6) is -0.00727. The van der Waals surface area contributed by atoms with Crippen molar-refractivity contribution in [2.75, 3.05) is 11.9 Å². The van der Waals surface area contributed by atoms with E-state index < -0.39 is 30.0 Å². The molecule has 1 N–H and O–H groups in total. The van der Waals surface area contributed by atoms with E-state index in [0.29, 0.717) is 6.20 Å². The number of ether oxygens (including phenoxy) is 1. The van der Waals surface area contributed by atoms with E-state index in [-0.39, 0.29) is 23.3 Å². The zero-order valence-electron chi connectivity index (χ0n) is 12.7. The number of halogens is 6. The fraction of sp³-hybridized carbons (Fsp3) is 0.357. The van der Waals surface area contributed by atoms with E-state index in [9.17, 15) is 22.0 Å². The summed E-state index contributed by atoms with van der Waals surface area (Å²) in [6.45, 7) is 1.71. The van der Waals surface area contributed by atoms with Gasteiger partial charge in [-0.3, -0.25) is 0 Å². The van der Waals surface area contributed by atoms with Crippen molar-refractivity contribution >= 4 is 17.4 Å². The fourth-order valence-electron chi connectivity index (χ4n) is 1.76. The fourth-order valence-corrected chi connectivity index (χ4v) is 2.01. The maximum atomic E-state index is 12.7. The molecular weight excluding hydrogens is 371 g/mol. The first-order valence-electron chi connectivity index (χ1n) is 6.90. The van der Waals surface area contributed by atoms with Gasteiger partial charge >= 0.3 is 6.18 Å². The summed E-state index contributed by atoms with van der Waals surface area (Å²) in [7, 11) is 0. The Balaban J connectivity index is 1.95. The van der Waals surface area contributed by atoms with Gasteiger partial charge in [0.15, 0.2) is 0 Å². The molecule has 25 heavy (non-hydrogen) atoms. The number of nitrogens with one attached hydrogen (secondary N) is 1. The molecule has 2 aromatic rings. The lowest BCUT2D eigenvalue weighted by molar-refractivity contribution is -0.137. The van der Waals surface area contributed by atoms with E-state index in [1.54, 1.807) is 6.92 Å². The molecule has 0 fully saturated rings. The van der Waals surface area contributed by atoms with Crippen LogP contribution in [0.2, 0.25) is 5.02 Å². The molecule has 0 saturated carbocycles. The van der Waals surface area contributed by atoms with Crippen LogP contribution in [0.25, 0.3) is 0 Å². The van der Waals surface area contributed by atoms with Crippen LogP contribution in [0.1, 0.15) is 24.6 Å². The lowest BCUT2D eigenvalue weighted by atomic mass is 10.3. The smallest absolute Gasteiger partial charge is 0.417 e. The van der Waals surface area contributed by atoms with Gasteiger partial charge in [0.25, 0.3) is 6.43 Å². The second-order valence-electron chi connectivity index (χ2n) is 4.91. The highest BCUT2D eigenvalue weighted by atomic mass is 35.5. The van der Waals surface area contributed by atoms with Gasteiger partial charge in [-0.15, -0.1) is 0 Å². The SMILES string of the molecule is C[C@@H](CNc1ncnc(C(F)F)c1Cl)Oc1ccc(C(F)(F)F)cn1. The molecule has 0 spiro atoms. The summed E-state index contributed by atoms with van der Waals surface area (Å²) in [6.07, 6.45) is -6.28. The molecule has 0 aliphatic heterocycles. The van der Waals surface area contributed by atoms with E-state index >= 15 is 0 Å². The number of pyridine rings is 1. The Bertz CT molecular complexity index is 711. The minimum atomic E-state index is -4.48. The molecule has 0 aliphatic carbocycles.